The zero-order chi connectivity index (χ0) is 19.8. The molecule has 2 aliphatic rings. The molecule has 9 heteroatoms. The summed E-state index contributed by atoms with van der Waals surface area (Å²) in [5, 5.41) is 9.96. The number of rotatable bonds is 7. The molecule has 0 radical (unpaired) electrons. The van der Waals surface area contributed by atoms with Gasteiger partial charge >= 0.3 is 0 Å². The molecule has 0 spiro atoms. The van der Waals surface area contributed by atoms with Crippen LogP contribution in [0, 0.1) is 12.8 Å². The van der Waals surface area contributed by atoms with Gasteiger partial charge in [-0.15, -0.1) is 35.3 Å². The van der Waals surface area contributed by atoms with E-state index in [0.717, 1.165) is 81.7 Å². The van der Waals surface area contributed by atoms with Crippen LogP contribution in [0.3, 0.4) is 0 Å². The van der Waals surface area contributed by atoms with Gasteiger partial charge in [-0.05, 0) is 19.8 Å². The highest BCUT2D eigenvalue weighted by atomic mass is 127. The van der Waals surface area contributed by atoms with E-state index in [-0.39, 0.29) is 24.0 Å². The Kier molecular flexibility index (Phi) is 10.6. The predicted molar refractivity (Wildman–Crippen MR) is 130 cm³/mol. The molecule has 1 aliphatic heterocycles. The molecule has 29 heavy (non-hydrogen) atoms. The molecule has 164 valence electrons. The van der Waals surface area contributed by atoms with Crippen LogP contribution in [-0.4, -0.2) is 79.5 Å². The van der Waals surface area contributed by atoms with Gasteiger partial charge in [0.25, 0.3) is 0 Å². The molecule has 1 amide bonds. The Labute approximate surface area is 195 Å². The van der Waals surface area contributed by atoms with Crippen molar-refractivity contribution in [2.24, 2.45) is 10.9 Å². The van der Waals surface area contributed by atoms with Crippen LogP contribution in [-0.2, 0) is 11.2 Å². The zero-order valence-electron chi connectivity index (χ0n) is 17.7. The first kappa shape index (κ1) is 24.3. The van der Waals surface area contributed by atoms with E-state index in [1.54, 1.807) is 18.4 Å². The van der Waals surface area contributed by atoms with Crippen LogP contribution in [0.2, 0.25) is 0 Å². The van der Waals surface area contributed by atoms with Crippen molar-refractivity contribution in [2.45, 2.75) is 39.0 Å². The summed E-state index contributed by atoms with van der Waals surface area (Å²) in [7, 11) is 1.80. The average Bonchev–Trinajstić information content (AvgIpc) is 3.39. The second kappa shape index (κ2) is 12.7. The van der Waals surface area contributed by atoms with Crippen LogP contribution in [0.25, 0.3) is 0 Å². The molecule has 7 nitrogen and oxygen atoms in total. The van der Waals surface area contributed by atoms with Gasteiger partial charge < -0.3 is 15.5 Å². The summed E-state index contributed by atoms with van der Waals surface area (Å²) in [6, 6.07) is 0. The number of hydrogen-bond donors (Lipinski definition) is 2. The molecule has 1 saturated heterocycles. The van der Waals surface area contributed by atoms with Gasteiger partial charge in [0, 0.05) is 70.6 Å². The smallest absolute Gasteiger partial charge is 0.225 e. The summed E-state index contributed by atoms with van der Waals surface area (Å²) in [5.74, 6) is 1.54. The number of carbonyl (C=O) groups excluding carboxylic acids is 1. The fourth-order valence-electron chi connectivity index (χ4n) is 4.01. The Morgan fingerprint density at radius 1 is 1.21 bits per heavy atom. The number of carbonyl (C=O) groups is 1. The van der Waals surface area contributed by atoms with Crippen LogP contribution >= 0.6 is 35.3 Å². The molecule has 2 N–H and O–H groups in total. The SMILES string of the molecule is CN=C(NCCc1csc(C)n1)NCCN1CCN(C(=O)C2CCCC2)CC1.I. The summed E-state index contributed by atoms with van der Waals surface area (Å²) < 4.78 is 0. The molecular formula is C20H35IN6OS. The molecule has 0 bridgehead atoms. The first-order chi connectivity index (χ1) is 13.7. The minimum absolute atomic E-state index is 0. The first-order valence-electron chi connectivity index (χ1n) is 10.5. The molecule has 0 aromatic carbocycles. The Balaban J connectivity index is 0.00000300. The monoisotopic (exact) mass is 534 g/mol. The maximum absolute atomic E-state index is 12.5. The minimum Gasteiger partial charge on any atom is -0.356 e. The van der Waals surface area contributed by atoms with Gasteiger partial charge in [0.05, 0.1) is 10.7 Å². The third-order valence-corrected chi connectivity index (χ3v) is 6.49. The second-order valence-corrected chi connectivity index (χ2v) is 8.74. The molecule has 0 atom stereocenters. The summed E-state index contributed by atoms with van der Waals surface area (Å²) in [5.41, 5.74) is 1.13. The van der Waals surface area contributed by atoms with Crippen molar-refractivity contribution in [2.75, 3.05) is 52.9 Å². The Bertz CT molecular complexity index is 653. The van der Waals surface area contributed by atoms with E-state index >= 15 is 0 Å². The number of nitrogens with zero attached hydrogens (tertiary/aromatic N) is 4. The van der Waals surface area contributed by atoms with E-state index in [4.69, 9.17) is 0 Å². The fourth-order valence-corrected chi connectivity index (χ4v) is 4.66. The maximum Gasteiger partial charge on any atom is 0.225 e. The van der Waals surface area contributed by atoms with Crippen molar-refractivity contribution in [3.8, 4) is 0 Å². The van der Waals surface area contributed by atoms with Gasteiger partial charge in [-0.25, -0.2) is 4.98 Å². The lowest BCUT2D eigenvalue weighted by molar-refractivity contribution is -0.137. The lowest BCUT2D eigenvalue weighted by atomic mass is 10.1. The molecule has 1 aromatic rings. The molecule has 3 rings (SSSR count). The molecular weight excluding hydrogens is 499 g/mol. The lowest BCUT2D eigenvalue weighted by Gasteiger charge is -2.36. The molecule has 1 aromatic heterocycles. The van der Waals surface area contributed by atoms with Crippen molar-refractivity contribution < 1.29 is 4.79 Å². The van der Waals surface area contributed by atoms with E-state index in [1.165, 1.54) is 12.8 Å². The maximum atomic E-state index is 12.5. The van der Waals surface area contributed by atoms with E-state index in [2.05, 4.69) is 35.8 Å². The molecule has 2 heterocycles. The topological polar surface area (TPSA) is 72.9 Å². The van der Waals surface area contributed by atoms with Crippen LogP contribution in [0.15, 0.2) is 10.4 Å². The summed E-state index contributed by atoms with van der Waals surface area (Å²) in [6.07, 6.45) is 5.54. The van der Waals surface area contributed by atoms with Crippen LogP contribution in [0.4, 0.5) is 0 Å². The number of piperazine rings is 1. The van der Waals surface area contributed by atoms with Gasteiger partial charge in [0.15, 0.2) is 5.96 Å². The number of aliphatic imine (C=N–C) groups is 1. The molecule has 0 unspecified atom stereocenters. The highest BCUT2D eigenvalue weighted by Crippen LogP contribution is 2.26. The van der Waals surface area contributed by atoms with Crippen molar-refractivity contribution in [1.29, 1.82) is 0 Å². The third kappa shape index (κ3) is 7.67. The second-order valence-electron chi connectivity index (χ2n) is 7.68. The minimum atomic E-state index is 0. The first-order valence-corrected chi connectivity index (χ1v) is 11.4. The van der Waals surface area contributed by atoms with Gasteiger partial charge in [0.1, 0.15) is 0 Å². The van der Waals surface area contributed by atoms with E-state index in [1.807, 2.05) is 6.92 Å². The molecule has 1 saturated carbocycles. The van der Waals surface area contributed by atoms with Crippen LogP contribution < -0.4 is 10.6 Å². The quantitative estimate of drug-likeness (QED) is 0.319. The van der Waals surface area contributed by atoms with Crippen molar-refractivity contribution in [3.05, 3.63) is 16.1 Å². The summed E-state index contributed by atoms with van der Waals surface area (Å²) >= 11 is 1.69. The standard InChI is InChI=1S/C20H34N6OS.HI/c1-16-24-18(15-28-16)7-8-22-20(21-2)23-9-10-25-11-13-26(14-12-25)19(27)17-5-3-4-6-17;/h15,17H,3-14H2,1-2H3,(H2,21,22,23);1H. The summed E-state index contributed by atoms with van der Waals surface area (Å²) in [6.45, 7) is 8.36. The third-order valence-electron chi connectivity index (χ3n) is 5.67. The van der Waals surface area contributed by atoms with Crippen LogP contribution in [0.5, 0.6) is 0 Å². The van der Waals surface area contributed by atoms with Crippen molar-refractivity contribution in [1.82, 2.24) is 25.4 Å². The number of aromatic nitrogens is 1. The van der Waals surface area contributed by atoms with Gasteiger partial charge in [-0.3, -0.25) is 14.7 Å². The lowest BCUT2D eigenvalue weighted by Crippen LogP contribution is -2.52. The van der Waals surface area contributed by atoms with Crippen molar-refractivity contribution in [3.63, 3.8) is 0 Å². The fraction of sp³-hybridized carbons (Fsp3) is 0.750. The Morgan fingerprint density at radius 3 is 2.52 bits per heavy atom. The number of aryl methyl sites for hydroxylation is 1. The van der Waals surface area contributed by atoms with E-state index < -0.39 is 0 Å². The number of amides is 1. The molecule has 2 fully saturated rings. The van der Waals surface area contributed by atoms with Crippen LogP contribution in [0.1, 0.15) is 36.4 Å². The van der Waals surface area contributed by atoms with Gasteiger partial charge in [0.2, 0.25) is 5.91 Å². The van der Waals surface area contributed by atoms with E-state index in [0.29, 0.717) is 11.8 Å². The number of halogens is 1. The van der Waals surface area contributed by atoms with E-state index in [9.17, 15) is 4.79 Å². The Morgan fingerprint density at radius 2 is 1.90 bits per heavy atom. The average molecular weight is 535 g/mol. The number of guanidine groups is 1. The normalized spacial score (nSPS) is 18.6. The molecule has 1 aliphatic carbocycles. The van der Waals surface area contributed by atoms with Gasteiger partial charge in [-0.2, -0.15) is 0 Å². The number of nitrogens with one attached hydrogen (secondary N) is 2. The number of hydrogen-bond acceptors (Lipinski definition) is 5. The van der Waals surface area contributed by atoms with Crippen molar-refractivity contribution >= 4 is 47.2 Å². The highest BCUT2D eigenvalue weighted by molar-refractivity contribution is 14.0. The highest BCUT2D eigenvalue weighted by Gasteiger charge is 2.29. The predicted octanol–water partition coefficient (Wildman–Crippen LogP) is 2.11. The number of thiazole rings is 1. The summed E-state index contributed by atoms with van der Waals surface area (Å²) in [4.78, 5) is 25.8. The zero-order valence-corrected chi connectivity index (χ0v) is 20.8. The Hall–Kier alpha value is -0.940. The van der Waals surface area contributed by atoms with Gasteiger partial charge in [-0.1, -0.05) is 12.8 Å². The largest absolute Gasteiger partial charge is 0.356 e.